The molecule has 1 N–H and O–H groups in total. The fourth-order valence-corrected chi connectivity index (χ4v) is 2.42. The van der Waals surface area contributed by atoms with Gasteiger partial charge in [-0.2, -0.15) is 0 Å². The highest BCUT2D eigenvalue weighted by Gasteiger charge is 2.19. The minimum atomic E-state index is -0.698. The molecule has 2 nitrogen and oxygen atoms in total. The van der Waals surface area contributed by atoms with Crippen molar-refractivity contribution in [3.63, 3.8) is 0 Å². The predicted octanol–water partition coefficient (Wildman–Crippen LogP) is 3.52. The highest BCUT2D eigenvalue weighted by molar-refractivity contribution is 9.10. The van der Waals surface area contributed by atoms with Crippen LogP contribution in [0.3, 0.4) is 0 Å². The molecule has 0 aliphatic rings. The van der Waals surface area contributed by atoms with Gasteiger partial charge in [0.15, 0.2) is 0 Å². The number of rotatable bonds is 3. The standard InChI is InChI=1S/C10H10BrCl2NO/c1-2-14-10(15)9(13)7-4-3-6(12)5-8(7)11/h3-5,9H,2H2,1H3,(H,14,15). The topological polar surface area (TPSA) is 29.1 Å². The molecule has 1 aromatic carbocycles. The van der Waals surface area contributed by atoms with Gasteiger partial charge >= 0.3 is 0 Å². The SMILES string of the molecule is CCNC(=O)C(Cl)c1ccc(Cl)cc1Br. The highest BCUT2D eigenvalue weighted by Crippen LogP contribution is 2.30. The van der Waals surface area contributed by atoms with E-state index in [1.807, 2.05) is 6.92 Å². The van der Waals surface area contributed by atoms with Gasteiger partial charge < -0.3 is 5.32 Å². The van der Waals surface area contributed by atoms with E-state index in [2.05, 4.69) is 21.2 Å². The van der Waals surface area contributed by atoms with Crippen molar-refractivity contribution in [1.29, 1.82) is 0 Å². The summed E-state index contributed by atoms with van der Waals surface area (Å²) in [5.74, 6) is -0.206. The summed E-state index contributed by atoms with van der Waals surface area (Å²) in [5.41, 5.74) is 0.715. The third kappa shape index (κ3) is 3.37. The lowest BCUT2D eigenvalue weighted by Gasteiger charge is -2.11. The molecular weight excluding hydrogens is 301 g/mol. The van der Waals surface area contributed by atoms with Crippen molar-refractivity contribution in [1.82, 2.24) is 5.32 Å². The van der Waals surface area contributed by atoms with Gasteiger partial charge in [0, 0.05) is 16.0 Å². The van der Waals surface area contributed by atoms with E-state index in [9.17, 15) is 4.79 Å². The van der Waals surface area contributed by atoms with Gasteiger partial charge in [-0.1, -0.05) is 33.6 Å². The first kappa shape index (κ1) is 12.8. The Morgan fingerprint density at radius 2 is 2.27 bits per heavy atom. The van der Waals surface area contributed by atoms with Crippen LogP contribution in [0.2, 0.25) is 5.02 Å². The quantitative estimate of drug-likeness (QED) is 0.850. The summed E-state index contributed by atoms with van der Waals surface area (Å²) in [4.78, 5) is 11.5. The monoisotopic (exact) mass is 309 g/mol. The van der Waals surface area contributed by atoms with Gasteiger partial charge in [-0.05, 0) is 24.6 Å². The molecule has 0 aromatic heterocycles. The molecule has 15 heavy (non-hydrogen) atoms. The van der Waals surface area contributed by atoms with E-state index in [1.165, 1.54) is 0 Å². The van der Waals surface area contributed by atoms with Crippen molar-refractivity contribution in [3.8, 4) is 0 Å². The summed E-state index contributed by atoms with van der Waals surface area (Å²) >= 11 is 15.1. The predicted molar refractivity (Wildman–Crippen MR) is 66.4 cm³/mol. The molecule has 82 valence electrons. The van der Waals surface area contributed by atoms with Gasteiger partial charge in [0.2, 0.25) is 5.91 Å². The average molecular weight is 311 g/mol. The maximum Gasteiger partial charge on any atom is 0.242 e. The van der Waals surface area contributed by atoms with Crippen LogP contribution < -0.4 is 5.32 Å². The molecule has 0 saturated carbocycles. The molecular formula is C10H10BrCl2NO. The molecule has 0 fully saturated rings. The number of hydrogen-bond acceptors (Lipinski definition) is 1. The van der Waals surface area contributed by atoms with E-state index < -0.39 is 5.38 Å². The van der Waals surface area contributed by atoms with Crippen molar-refractivity contribution in [2.75, 3.05) is 6.54 Å². The smallest absolute Gasteiger partial charge is 0.242 e. The lowest BCUT2D eigenvalue weighted by atomic mass is 10.1. The normalized spacial score (nSPS) is 12.3. The Bertz CT molecular complexity index is 370. The van der Waals surface area contributed by atoms with Crippen LogP contribution in [-0.4, -0.2) is 12.5 Å². The maximum absolute atomic E-state index is 11.5. The van der Waals surface area contributed by atoms with Crippen LogP contribution in [0, 0.1) is 0 Å². The van der Waals surface area contributed by atoms with Crippen molar-refractivity contribution < 1.29 is 4.79 Å². The second-order valence-electron chi connectivity index (χ2n) is 2.92. The second kappa shape index (κ2) is 5.73. The fraction of sp³-hybridized carbons (Fsp3) is 0.300. The lowest BCUT2D eigenvalue weighted by molar-refractivity contribution is -0.120. The summed E-state index contributed by atoms with van der Waals surface area (Å²) in [6.07, 6.45) is 0. The molecule has 1 unspecified atom stereocenters. The number of likely N-dealkylation sites (N-methyl/N-ethyl adjacent to an activating group) is 1. The zero-order valence-electron chi connectivity index (χ0n) is 8.06. The number of hydrogen-bond donors (Lipinski definition) is 1. The van der Waals surface area contributed by atoms with Crippen LogP contribution in [0.15, 0.2) is 22.7 Å². The summed E-state index contributed by atoms with van der Waals surface area (Å²) in [5, 5.41) is 2.57. The van der Waals surface area contributed by atoms with Crippen LogP contribution in [-0.2, 0) is 4.79 Å². The summed E-state index contributed by atoms with van der Waals surface area (Å²) in [6.45, 7) is 2.41. The van der Waals surface area contributed by atoms with E-state index in [-0.39, 0.29) is 5.91 Å². The molecule has 0 radical (unpaired) electrons. The zero-order valence-corrected chi connectivity index (χ0v) is 11.2. The third-order valence-electron chi connectivity index (χ3n) is 1.82. The van der Waals surface area contributed by atoms with Gasteiger partial charge in [0.25, 0.3) is 0 Å². The summed E-state index contributed by atoms with van der Waals surface area (Å²) in [6, 6.07) is 5.15. The van der Waals surface area contributed by atoms with Crippen molar-refractivity contribution in [2.24, 2.45) is 0 Å². The van der Waals surface area contributed by atoms with Crippen LogP contribution in [0.4, 0.5) is 0 Å². The van der Waals surface area contributed by atoms with Crippen molar-refractivity contribution in [3.05, 3.63) is 33.3 Å². The Hall–Kier alpha value is -0.250. The van der Waals surface area contributed by atoms with Gasteiger partial charge in [-0.3, -0.25) is 4.79 Å². The molecule has 0 saturated heterocycles. The first-order chi connectivity index (χ1) is 7.06. The molecule has 1 aromatic rings. The first-order valence-electron chi connectivity index (χ1n) is 4.43. The average Bonchev–Trinajstić information content (AvgIpc) is 2.17. The van der Waals surface area contributed by atoms with Crippen molar-refractivity contribution in [2.45, 2.75) is 12.3 Å². The Labute approximate surface area is 107 Å². The molecule has 0 spiro atoms. The van der Waals surface area contributed by atoms with Gasteiger partial charge in [0.1, 0.15) is 5.38 Å². The number of alkyl halides is 1. The second-order valence-corrected chi connectivity index (χ2v) is 4.65. The fourth-order valence-electron chi connectivity index (χ4n) is 1.11. The molecule has 1 rings (SSSR count). The number of carbonyl (C=O) groups excluding carboxylic acids is 1. The summed E-state index contributed by atoms with van der Waals surface area (Å²) < 4.78 is 0.737. The zero-order chi connectivity index (χ0) is 11.4. The third-order valence-corrected chi connectivity index (χ3v) is 3.17. The number of halogens is 3. The molecule has 1 atom stereocenters. The van der Waals surface area contributed by atoms with Crippen LogP contribution >= 0.6 is 39.1 Å². The van der Waals surface area contributed by atoms with E-state index >= 15 is 0 Å². The number of carbonyl (C=O) groups is 1. The van der Waals surface area contributed by atoms with E-state index in [0.29, 0.717) is 17.1 Å². The van der Waals surface area contributed by atoms with Gasteiger partial charge in [-0.15, -0.1) is 11.6 Å². The van der Waals surface area contributed by atoms with E-state index in [4.69, 9.17) is 23.2 Å². The highest BCUT2D eigenvalue weighted by atomic mass is 79.9. The van der Waals surface area contributed by atoms with Crippen molar-refractivity contribution >= 4 is 45.0 Å². The minimum Gasteiger partial charge on any atom is -0.355 e. The molecule has 5 heteroatoms. The molecule has 1 amide bonds. The van der Waals surface area contributed by atoms with E-state index in [0.717, 1.165) is 4.47 Å². The molecule has 0 aliphatic carbocycles. The van der Waals surface area contributed by atoms with Gasteiger partial charge in [0.05, 0.1) is 0 Å². The maximum atomic E-state index is 11.5. The Morgan fingerprint density at radius 3 is 2.80 bits per heavy atom. The van der Waals surface area contributed by atoms with Crippen LogP contribution in [0.25, 0.3) is 0 Å². The Morgan fingerprint density at radius 1 is 1.60 bits per heavy atom. The molecule has 0 aliphatic heterocycles. The minimum absolute atomic E-state index is 0.206. The lowest BCUT2D eigenvalue weighted by Crippen LogP contribution is -2.26. The molecule has 0 bridgehead atoms. The molecule has 0 heterocycles. The number of benzene rings is 1. The van der Waals surface area contributed by atoms with E-state index in [1.54, 1.807) is 18.2 Å². The van der Waals surface area contributed by atoms with Gasteiger partial charge in [-0.25, -0.2) is 0 Å². The Kier molecular flexibility index (Phi) is 4.90. The number of amides is 1. The van der Waals surface area contributed by atoms with Crippen LogP contribution in [0.1, 0.15) is 17.9 Å². The summed E-state index contributed by atoms with van der Waals surface area (Å²) in [7, 11) is 0. The first-order valence-corrected chi connectivity index (χ1v) is 6.03. The largest absolute Gasteiger partial charge is 0.355 e. The number of nitrogens with one attached hydrogen (secondary N) is 1. The van der Waals surface area contributed by atoms with Crippen LogP contribution in [0.5, 0.6) is 0 Å². The Balaban J connectivity index is 2.91.